The zero-order valence-electron chi connectivity index (χ0n) is 20.0. The molecule has 0 aromatic rings. The molecule has 4 fully saturated rings. The van der Waals surface area contributed by atoms with Crippen LogP contribution in [0.15, 0.2) is 0 Å². The van der Waals surface area contributed by atoms with Crippen LogP contribution in [0.25, 0.3) is 0 Å². The van der Waals surface area contributed by atoms with Crippen LogP contribution in [0, 0.1) is 46.3 Å². The van der Waals surface area contributed by atoms with Crippen LogP contribution in [0.3, 0.4) is 0 Å². The summed E-state index contributed by atoms with van der Waals surface area (Å²) in [6.07, 6.45) is 13.4. The minimum atomic E-state index is 0.298. The summed E-state index contributed by atoms with van der Waals surface area (Å²) in [5, 5.41) is 1.06. The average molecular weight is 472 g/mol. The number of carbonyl (C=O) groups excluding carboxylic acids is 1. The summed E-state index contributed by atoms with van der Waals surface area (Å²) >= 11 is 3.15. The molecule has 4 saturated carbocycles. The minimum Gasteiger partial charge on any atom is -0.384 e. The monoisotopic (exact) mass is 470 g/mol. The molecule has 0 saturated heterocycles. The smallest absolute Gasteiger partial charge is 0.123 e. The zero-order chi connectivity index (χ0) is 21.7. The summed E-state index contributed by atoms with van der Waals surface area (Å²) in [4.78, 5) is 11.6. The van der Waals surface area contributed by atoms with Crippen LogP contribution in [0.1, 0.15) is 92.4 Å². The molecular weight excluding hydrogens is 424 g/mol. The van der Waals surface area contributed by atoms with Crippen molar-refractivity contribution in [2.45, 2.75) is 92.4 Å². The first kappa shape index (κ1) is 25.4. The third-order valence-electron chi connectivity index (χ3n) is 9.28. The Balaban J connectivity index is 0.000000551. The lowest BCUT2D eigenvalue weighted by Gasteiger charge is -2.61. The summed E-state index contributed by atoms with van der Waals surface area (Å²) < 4.78 is 5.85. The van der Waals surface area contributed by atoms with Crippen molar-refractivity contribution in [3.05, 3.63) is 0 Å². The van der Waals surface area contributed by atoms with Crippen LogP contribution in [-0.2, 0) is 9.53 Å². The number of hydrogen-bond acceptors (Lipinski definition) is 2. The summed E-state index contributed by atoms with van der Waals surface area (Å²) in [5.74, 6) is 4.61. The first-order valence-corrected chi connectivity index (χ1v) is 13.6. The summed E-state index contributed by atoms with van der Waals surface area (Å²) in [5.41, 5.74) is 0.747. The van der Waals surface area contributed by atoms with Crippen molar-refractivity contribution in [2.75, 3.05) is 19.0 Å². The van der Waals surface area contributed by atoms with E-state index in [0.717, 1.165) is 47.9 Å². The van der Waals surface area contributed by atoms with Crippen molar-refractivity contribution >= 4 is 22.2 Å². The summed E-state index contributed by atoms with van der Waals surface area (Å²) in [6.45, 7) is 11.9. The fourth-order valence-electron chi connectivity index (χ4n) is 8.08. The highest BCUT2D eigenvalue weighted by Crippen LogP contribution is 2.67. The highest BCUT2D eigenvalue weighted by molar-refractivity contribution is 9.09. The van der Waals surface area contributed by atoms with Crippen LogP contribution in [0.2, 0.25) is 0 Å². The average Bonchev–Trinajstić information content (AvgIpc) is 3.07. The maximum Gasteiger partial charge on any atom is 0.123 e. The number of alkyl halides is 1. The Morgan fingerprint density at radius 3 is 2.34 bits per heavy atom. The second-order valence-electron chi connectivity index (χ2n) is 10.3. The molecule has 0 aliphatic heterocycles. The van der Waals surface area contributed by atoms with Gasteiger partial charge in [0.25, 0.3) is 0 Å². The molecule has 0 radical (unpaired) electrons. The molecule has 0 heterocycles. The predicted octanol–water partition coefficient (Wildman–Crippen LogP) is 7.53. The zero-order valence-corrected chi connectivity index (χ0v) is 21.6. The van der Waals surface area contributed by atoms with Crippen molar-refractivity contribution in [1.29, 1.82) is 0 Å². The Kier molecular flexibility index (Phi) is 9.73. The number of rotatable bonds is 3. The van der Waals surface area contributed by atoms with Gasteiger partial charge in [0.05, 0.1) is 6.61 Å². The number of fused-ring (bicyclic) bond motifs is 5. The Morgan fingerprint density at radius 2 is 1.72 bits per heavy atom. The van der Waals surface area contributed by atoms with Crippen molar-refractivity contribution in [3.8, 4) is 0 Å². The first-order chi connectivity index (χ1) is 14.0. The number of hydrogen-bond donors (Lipinski definition) is 0. The second kappa shape index (κ2) is 11.1. The van der Waals surface area contributed by atoms with Gasteiger partial charge >= 0.3 is 0 Å². The molecule has 0 N–H and O–H groups in total. The lowest BCUT2D eigenvalue weighted by atomic mass is 9.44. The number of halogens is 1. The lowest BCUT2D eigenvalue weighted by molar-refractivity contribution is -0.152. The second-order valence-corrected chi connectivity index (χ2v) is 11.4. The van der Waals surface area contributed by atoms with E-state index in [1.165, 1.54) is 57.7 Å². The van der Waals surface area contributed by atoms with Crippen molar-refractivity contribution in [1.82, 2.24) is 0 Å². The van der Waals surface area contributed by atoms with Gasteiger partial charge in [-0.05, 0) is 91.8 Å². The number of aldehydes is 1. The van der Waals surface area contributed by atoms with Gasteiger partial charge in [-0.1, -0.05) is 57.0 Å². The normalized spacial score (nSPS) is 45.3. The topological polar surface area (TPSA) is 26.3 Å². The van der Waals surface area contributed by atoms with E-state index < -0.39 is 0 Å². The molecule has 0 aromatic heterocycles. The van der Waals surface area contributed by atoms with Gasteiger partial charge in [-0.15, -0.1) is 0 Å². The molecule has 170 valence electrons. The molecule has 4 aliphatic rings. The minimum absolute atomic E-state index is 0.298. The van der Waals surface area contributed by atoms with Crippen LogP contribution in [-0.4, -0.2) is 25.3 Å². The SMILES string of the molecule is CC.CCBr.COCC12CCC(C)CC1CCC1C3CCC(C=O)C3(C)CCC12. The van der Waals surface area contributed by atoms with E-state index in [4.69, 9.17) is 4.74 Å². The number of ether oxygens (including phenoxy) is 1. The van der Waals surface area contributed by atoms with E-state index in [1.54, 1.807) is 0 Å². The van der Waals surface area contributed by atoms with Gasteiger partial charge in [-0.2, -0.15) is 0 Å². The van der Waals surface area contributed by atoms with Crippen LogP contribution in [0.4, 0.5) is 0 Å². The van der Waals surface area contributed by atoms with E-state index in [-0.39, 0.29) is 0 Å². The quantitative estimate of drug-likeness (QED) is 0.314. The predicted molar refractivity (Wildman–Crippen MR) is 127 cm³/mol. The van der Waals surface area contributed by atoms with Crippen molar-refractivity contribution in [2.24, 2.45) is 46.3 Å². The van der Waals surface area contributed by atoms with E-state index in [1.807, 2.05) is 27.9 Å². The van der Waals surface area contributed by atoms with Gasteiger partial charge in [0.1, 0.15) is 6.29 Å². The van der Waals surface area contributed by atoms with Crippen molar-refractivity contribution in [3.63, 3.8) is 0 Å². The largest absolute Gasteiger partial charge is 0.384 e. The Hall–Kier alpha value is 0.110. The fourth-order valence-corrected chi connectivity index (χ4v) is 8.08. The Morgan fingerprint density at radius 1 is 1.03 bits per heavy atom. The molecule has 0 spiro atoms. The summed E-state index contributed by atoms with van der Waals surface area (Å²) in [6, 6.07) is 0. The van der Waals surface area contributed by atoms with Gasteiger partial charge in [-0.3, -0.25) is 0 Å². The molecule has 8 unspecified atom stereocenters. The molecule has 0 bridgehead atoms. The van der Waals surface area contributed by atoms with Gasteiger partial charge in [-0.25, -0.2) is 0 Å². The number of methoxy groups -OCH3 is 1. The fraction of sp³-hybridized carbons (Fsp3) is 0.962. The van der Waals surface area contributed by atoms with E-state index in [9.17, 15) is 4.79 Å². The molecule has 3 heteroatoms. The van der Waals surface area contributed by atoms with E-state index in [0.29, 0.717) is 16.7 Å². The third-order valence-corrected chi connectivity index (χ3v) is 9.28. The number of carbonyl (C=O) groups is 1. The Labute approximate surface area is 189 Å². The summed E-state index contributed by atoms with van der Waals surface area (Å²) in [7, 11) is 1.92. The molecular formula is C26H47BrO2. The van der Waals surface area contributed by atoms with Crippen LogP contribution < -0.4 is 0 Å². The molecule has 0 aromatic carbocycles. The lowest BCUT2D eigenvalue weighted by Crippen LogP contribution is -2.56. The maximum atomic E-state index is 11.6. The first-order valence-electron chi connectivity index (χ1n) is 12.5. The van der Waals surface area contributed by atoms with Gasteiger partial charge in [0.15, 0.2) is 0 Å². The highest BCUT2D eigenvalue weighted by atomic mass is 79.9. The molecule has 4 aliphatic carbocycles. The molecule has 4 rings (SSSR count). The van der Waals surface area contributed by atoms with Gasteiger partial charge in [0.2, 0.25) is 0 Å². The van der Waals surface area contributed by atoms with Crippen LogP contribution in [0.5, 0.6) is 0 Å². The highest BCUT2D eigenvalue weighted by Gasteiger charge is 2.61. The maximum absolute atomic E-state index is 11.6. The molecule has 0 amide bonds. The third kappa shape index (κ3) is 4.66. The Bertz CT molecular complexity index is 509. The molecule has 8 atom stereocenters. The van der Waals surface area contributed by atoms with Crippen molar-refractivity contribution < 1.29 is 9.53 Å². The standard InChI is InChI=1S/C22H36O2.C2H5Br.C2H6/c1-15-8-11-22(14-24-3)16(12-15)4-6-18-19-7-5-17(13-23)21(19,2)10-9-20(18)22;1-2-3;1-2/h13,15-20H,4-12,14H2,1-3H3;2H2,1H3;1-2H3. The van der Waals surface area contributed by atoms with Gasteiger partial charge in [0, 0.05) is 18.4 Å². The molecule has 2 nitrogen and oxygen atoms in total. The van der Waals surface area contributed by atoms with E-state index >= 15 is 0 Å². The van der Waals surface area contributed by atoms with Gasteiger partial charge < -0.3 is 9.53 Å². The molecule has 29 heavy (non-hydrogen) atoms. The van der Waals surface area contributed by atoms with Crippen LogP contribution >= 0.6 is 15.9 Å². The van der Waals surface area contributed by atoms with E-state index in [2.05, 4.69) is 29.8 Å².